The first-order valence-electron chi connectivity index (χ1n) is 5.04. The summed E-state index contributed by atoms with van der Waals surface area (Å²) in [4.78, 5) is 5.03. The molecule has 0 bridgehead atoms. The zero-order valence-electron chi connectivity index (χ0n) is 9.05. The minimum absolute atomic E-state index is 1.12. The van der Waals surface area contributed by atoms with Crippen LogP contribution in [0.4, 0.5) is 0 Å². The zero-order valence-corrected chi connectivity index (χ0v) is 17.8. The highest BCUT2D eigenvalue weighted by Crippen LogP contribution is 2.52. The molecule has 0 aromatic carbocycles. The first-order valence-corrected chi connectivity index (χ1v) is 10.8. The topological polar surface area (TPSA) is 0 Å². The predicted octanol–water partition coefficient (Wildman–Crippen LogP) is 8.26. The highest BCUT2D eigenvalue weighted by molar-refractivity contribution is 9.13. The minimum Gasteiger partial charge on any atom is -0.142 e. The molecule has 0 aliphatic heterocycles. The first kappa shape index (κ1) is 14.9. The molecule has 0 aliphatic carbocycles. The van der Waals surface area contributed by atoms with E-state index in [0.29, 0.717) is 0 Å². The number of hydrogen-bond acceptors (Lipinski definition) is 3. The molecule has 98 valence electrons. The van der Waals surface area contributed by atoms with Crippen LogP contribution in [-0.4, -0.2) is 0 Å². The van der Waals surface area contributed by atoms with Gasteiger partial charge in [-0.05, 0) is 86.6 Å². The van der Waals surface area contributed by atoms with Gasteiger partial charge in [-0.2, -0.15) is 0 Å². The van der Waals surface area contributed by atoms with Gasteiger partial charge in [-0.1, -0.05) is 0 Å². The van der Waals surface area contributed by atoms with Crippen molar-refractivity contribution in [2.24, 2.45) is 0 Å². The van der Waals surface area contributed by atoms with E-state index in [-0.39, 0.29) is 0 Å². The second kappa shape index (κ2) is 6.02. The second-order valence-electron chi connectivity index (χ2n) is 3.58. The van der Waals surface area contributed by atoms with Gasteiger partial charge in [0, 0.05) is 8.95 Å². The molecule has 0 saturated carbocycles. The molecule has 0 aliphatic rings. The van der Waals surface area contributed by atoms with E-state index in [1.54, 1.807) is 34.0 Å². The van der Waals surface area contributed by atoms with Gasteiger partial charge in [-0.25, -0.2) is 0 Å². The third kappa shape index (κ3) is 2.72. The van der Waals surface area contributed by atoms with Crippen molar-refractivity contribution in [2.75, 3.05) is 0 Å². The minimum atomic E-state index is 1.12. The van der Waals surface area contributed by atoms with Gasteiger partial charge in [0.15, 0.2) is 0 Å². The summed E-state index contributed by atoms with van der Waals surface area (Å²) in [6.07, 6.45) is 0. The zero-order chi connectivity index (χ0) is 13.6. The van der Waals surface area contributed by atoms with E-state index in [2.05, 4.69) is 86.6 Å². The van der Waals surface area contributed by atoms with E-state index in [1.807, 2.05) is 0 Å². The van der Waals surface area contributed by atoms with Crippen molar-refractivity contribution >= 4 is 97.7 Å². The normalized spacial score (nSPS) is 11.2. The maximum absolute atomic E-state index is 3.71. The fraction of sp³-hybridized carbons (Fsp3) is 0. The molecule has 0 unspecified atom stereocenters. The molecule has 3 heterocycles. The molecule has 3 rings (SSSR count). The van der Waals surface area contributed by atoms with E-state index in [1.165, 1.54) is 19.5 Å². The van der Waals surface area contributed by atoms with Crippen LogP contribution < -0.4 is 0 Å². The molecule has 0 fully saturated rings. The Balaban J connectivity index is 2.21. The summed E-state index contributed by atoms with van der Waals surface area (Å²) >= 11 is 19.9. The SMILES string of the molecule is Brc1ccsc1-c1sc(-c2sccc2Br)c(Br)c1Br. The van der Waals surface area contributed by atoms with Crippen LogP contribution in [0.25, 0.3) is 19.5 Å². The van der Waals surface area contributed by atoms with E-state index >= 15 is 0 Å². The van der Waals surface area contributed by atoms with Crippen LogP contribution in [0, 0.1) is 0 Å². The standard InChI is InChI=1S/C12H4Br4S3/c13-5-1-3-17-9(5)11-7(15)8(16)12(19-11)10-6(14)2-4-18-10/h1-4H. The molecule has 0 radical (unpaired) electrons. The van der Waals surface area contributed by atoms with Gasteiger partial charge in [0.25, 0.3) is 0 Å². The quantitative estimate of drug-likeness (QED) is 0.294. The van der Waals surface area contributed by atoms with Gasteiger partial charge in [-0.15, -0.1) is 34.0 Å². The van der Waals surface area contributed by atoms with E-state index < -0.39 is 0 Å². The van der Waals surface area contributed by atoms with E-state index in [9.17, 15) is 0 Å². The number of halogens is 4. The van der Waals surface area contributed by atoms with Crippen molar-refractivity contribution in [1.82, 2.24) is 0 Å². The largest absolute Gasteiger partial charge is 0.142 e. The summed E-state index contributed by atoms with van der Waals surface area (Å²) < 4.78 is 4.53. The lowest BCUT2D eigenvalue weighted by Gasteiger charge is -1.94. The molecule has 3 aromatic rings. The van der Waals surface area contributed by atoms with Gasteiger partial charge in [0.2, 0.25) is 0 Å². The average molecular weight is 564 g/mol. The summed E-state index contributed by atoms with van der Waals surface area (Å²) in [5.41, 5.74) is 0. The maximum atomic E-state index is 3.71. The smallest absolute Gasteiger partial charge is 0.0614 e. The Morgan fingerprint density at radius 1 is 0.632 bits per heavy atom. The molecule has 19 heavy (non-hydrogen) atoms. The summed E-state index contributed by atoms with van der Waals surface area (Å²) in [5, 5.41) is 4.19. The van der Waals surface area contributed by atoms with Crippen molar-refractivity contribution < 1.29 is 0 Å². The molecule has 0 amide bonds. The summed E-state index contributed by atoms with van der Waals surface area (Å²) in [6, 6.07) is 4.17. The lowest BCUT2D eigenvalue weighted by Crippen LogP contribution is -1.68. The summed E-state index contributed by atoms with van der Waals surface area (Å²) in [6.45, 7) is 0. The van der Waals surface area contributed by atoms with Crippen LogP contribution in [0.1, 0.15) is 0 Å². The van der Waals surface area contributed by atoms with Crippen LogP contribution in [0.2, 0.25) is 0 Å². The Kier molecular flexibility index (Phi) is 4.74. The molecule has 0 N–H and O–H groups in total. The molecule has 0 spiro atoms. The predicted molar refractivity (Wildman–Crippen MR) is 102 cm³/mol. The fourth-order valence-corrected chi connectivity index (χ4v) is 8.22. The monoisotopic (exact) mass is 560 g/mol. The van der Waals surface area contributed by atoms with Gasteiger partial charge in [-0.3, -0.25) is 0 Å². The lowest BCUT2D eigenvalue weighted by atomic mass is 10.3. The number of thiophene rings is 3. The number of hydrogen-bond donors (Lipinski definition) is 0. The van der Waals surface area contributed by atoms with Crippen molar-refractivity contribution in [3.63, 3.8) is 0 Å². The van der Waals surface area contributed by atoms with Gasteiger partial charge in [0.1, 0.15) is 0 Å². The van der Waals surface area contributed by atoms with Crippen molar-refractivity contribution in [1.29, 1.82) is 0 Å². The highest BCUT2D eigenvalue weighted by Gasteiger charge is 2.21. The van der Waals surface area contributed by atoms with Crippen molar-refractivity contribution in [3.8, 4) is 19.5 Å². The number of rotatable bonds is 2. The molecule has 0 atom stereocenters. The summed E-state index contributed by atoms with van der Waals surface area (Å²) in [7, 11) is 0. The Morgan fingerprint density at radius 3 is 1.37 bits per heavy atom. The molecular formula is C12H4Br4S3. The Bertz CT molecular complexity index is 677. The molecular weight excluding hydrogens is 560 g/mol. The third-order valence-corrected chi connectivity index (χ3v) is 10.3. The van der Waals surface area contributed by atoms with Gasteiger partial charge >= 0.3 is 0 Å². The van der Waals surface area contributed by atoms with Crippen molar-refractivity contribution in [2.45, 2.75) is 0 Å². The Hall–Kier alpha value is 1.02. The van der Waals surface area contributed by atoms with Gasteiger partial charge < -0.3 is 0 Å². The summed E-state index contributed by atoms with van der Waals surface area (Å²) in [5.74, 6) is 0. The van der Waals surface area contributed by atoms with Gasteiger partial charge in [0.05, 0.1) is 28.5 Å². The Labute approximate surface area is 156 Å². The maximum Gasteiger partial charge on any atom is 0.0614 e. The molecule has 3 aromatic heterocycles. The third-order valence-electron chi connectivity index (χ3n) is 2.44. The van der Waals surface area contributed by atoms with Crippen LogP contribution in [-0.2, 0) is 0 Å². The Morgan fingerprint density at radius 2 is 1.05 bits per heavy atom. The lowest BCUT2D eigenvalue weighted by molar-refractivity contribution is 1.73. The second-order valence-corrected chi connectivity index (χ2v) is 9.73. The first-order chi connectivity index (χ1) is 9.09. The van der Waals surface area contributed by atoms with Crippen molar-refractivity contribution in [3.05, 3.63) is 40.8 Å². The fourth-order valence-electron chi connectivity index (χ4n) is 1.59. The molecule has 7 heteroatoms. The van der Waals surface area contributed by atoms with Crippen LogP contribution >= 0.6 is 97.7 Å². The molecule has 0 nitrogen and oxygen atoms in total. The average Bonchev–Trinajstić information content (AvgIpc) is 3.04. The van der Waals surface area contributed by atoms with Crippen LogP contribution in [0.15, 0.2) is 40.8 Å². The van der Waals surface area contributed by atoms with E-state index in [0.717, 1.165) is 17.9 Å². The van der Waals surface area contributed by atoms with E-state index in [4.69, 9.17) is 0 Å². The van der Waals surface area contributed by atoms with Crippen LogP contribution in [0.3, 0.4) is 0 Å². The molecule has 0 saturated heterocycles. The van der Waals surface area contributed by atoms with Crippen LogP contribution in [0.5, 0.6) is 0 Å². The highest BCUT2D eigenvalue weighted by atomic mass is 79.9.